The van der Waals surface area contributed by atoms with E-state index in [4.69, 9.17) is 26.1 Å². The van der Waals surface area contributed by atoms with E-state index >= 15 is 0 Å². The molecule has 2 amide bonds. The minimum absolute atomic E-state index is 0.0304. The molecule has 2 aliphatic rings. The zero-order valence-electron chi connectivity index (χ0n) is 33.1. The molecule has 53 heavy (non-hydrogen) atoms. The molecule has 3 aromatic rings. The van der Waals surface area contributed by atoms with E-state index in [1.165, 1.54) is 0 Å². The van der Waals surface area contributed by atoms with Crippen LogP contribution in [0, 0.1) is 18.3 Å². The van der Waals surface area contributed by atoms with Crippen LogP contribution in [0.3, 0.4) is 0 Å². The minimum Gasteiger partial charge on any atom is -0.444 e. The third-order valence-corrected chi connectivity index (χ3v) is 12.7. The van der Waals surface area contributed by atoms with E-state index in [0.717, 1.165) is 78.2 Å². The quantitative estimate of drug-likeness (QED) is 0.114. The summed E-state index contributed by atoms with van der Waals surface area (Å²) in [7, 11) is -1.33. The average Bonchev–Trinajstić information content (AvgIpc) is 3.62. The summed E-state index contributed by atoms with van der Waals surface area (Å²) in [5.41, 5.74) is 2.77. The summed E-state index contributed by atoms with van der Waals surface area (Å²) in [6.45, 7) is 18.6. The summed E-state index contributed by atoms with van der Waals surface area (Å²) in [6, 6.07) is 8.67. The summed E-state index contributed by atoms with van der Waals surface area (Å²) in [4.78, 5) is 50.3. The van der Waals surface area contributed by atoms with Crippen molar-refractivity contribution in [2.45, 2.75) is 136 Å². The number of unbranched alkanes of at least 4 members (excludes halogenated alkanes) is 2. The number of halogens is 1. The fraction of sp³-hybridized carbons (Fsp3) is 0.634. The largest absolute Gasteiger partial charge is 0.444 e. The molecule has 1 spiro atoms. The van der Waals surface area contributed by atoms with E-state index in [0.29, 0.717) is 44.0 Å². The van der Waals surface area contributed by atoms with E-state index in [-0.39, 0.29) is 41.9 Å². The SMILES string of the molecule is CCC(=O)CCCCC[C@H](NC(=O)[C@H]1CC12CCN(C(=O)OC(C)(C)C)CC2)c1ncc(-c2cc3ccc(C)nc3cc2Cl)n1COCC[Si](C)(C)C. The monoisotopic (exact) mass is 765 g/mol. The van der Waals surface area contributed by atoms with Crippen molar-refractivity contribution >= 4 is 48.4 Å². The molecule has 290 valence electrons. The lowest BCUT2D eigenvalue weighted by atomic mass is 9.90. The number of ketones is 1. The Morgan fingerprint density at radius 3 is 2.51 bits per heavy atom. The third kappa shape index (κ3) is 10.9. The zero-order valence-corrected chi connectivity index (χ0v) is 34.9. The van der Waals surface area contributed by atoms with Crippen LogP contribution in [-0.2, 0) is 25.8 Å². The van der Waals surface area contributed by atoms with Gasteiger partial charge in [0.2, 0.25) is 5.91 Å². The number of amides is 2. The van der Waals surface area contributed by atoms with Gasteiger partial charge in [-0.3, -0.25) is 14.6 Å². The van der Waals surface area contributed by atoms with Gasteiger partial charge in [-0.05, 0) is 89.5 Å². The van der Waals surface area contributed by atoms with Gasteiger partial charge in [-0.1, -0.05) is 57.1 Å². The van der Waals surface area contributed by atoms with E-state index in [9.17, 15) is 14.4 Å². The van der Waals surface area contributed by atoms with Crippen LogP contribution in [0.15, 0.2) is 30.5 Å². The number of benzene rings is 1. The molecule has 0 radical (unpaired) electrons. The Bertz CT molecular complexity index is 1770. The Morgan fingerprint density at radius 2 is 1.83 bits per heavy atom. The van der Waals surface area contributed by atoms with Gasteiger partial charge in [-0.2, -0.15) is 0 Å². The molecule has 1 N–H and O–H groups in total. The smallest absolute Gasteiger partial charge is 0.410 e. The van der Waals surface area contributed by atoms with E-state index in [1.807, 2.05) is 52.9 Å². The van der Waals surface area contributed by atoms with Gasteiger partial charge < -0.3 is 24.3 Å². The predicted octanol–water partition coefficient (Wildman–Crippen LogP) is 9.50. The van der Waals surface area contributed by atoms with Gasteiger partial charge in [0.25, 0.3) is 0 Å². The van der Waals surface area contributed by atoms with Crippen molar-refractivity contribution in [1.82, 2.24) is 24.8 Å². The topological polar surface area (TPSA) is 116 Å². The number of fused-ring (bicyclic) bond motifs is 1. The van der Waals surface area contributed by atoms with Gasteiger partial charge in [-0.15, -0.1) is 0 Å². The van der Waals surface area contributed by atoms with E-state index in [2.05, 4.69) is 46.6 Å². The van der Waals surface area contributed by atoms with Gasteiger partial charge in [0.15, 0.2) is 0 Å². The number of nitrogens with zero attached hydrogens (tertiary/aromatic N) is 4. The molecule has 3 heterocycles. The average molecular weight is 766 g/mol. The lowest BCUT2D eigenvalue weighted by Crippen LogP contribution is -2.43. The highest BCUT2D eigenvalue weighted by atomic mass is 35.5. The van der Waals surface area contributed by atoms with Crippen molar-refractivity contribution < 1.29 is 23.9 Å². The second-order valence-corrected chi connectivity index (χ2v) is 23.4. The Labute approximate surface area is 321 Å². The molecule has 1 aromatic carbocycles. The molecule has 2 atom stereocenters. The molecule has 2 aromatic heterocycles. The lowest BCUT2D eigenvalue weighted by Gasteiger charge is -2.34. The van der Waals surface area contributed by atoms with Crippen molar-refractivity contribution in [2.24, 2.45) is 11.3 Å². The number of Topliss-reactive ketones (excluding diaryl/α,β-unsaturated/α-hetero) is 1. The second-order valence-electron chi connectivity index (χ2n) is 17.4. The Morgan fingerprint density at radius 1 is 1.09 bits per heavy atom. The first kappa shape index (κ1) is 40.9. The number of carbonyl (C=O) groups is 3. The number of pyridine rings is 1. The van der Waals surface area contributed by atoms with Crippen LogP contribution in [0.2, 0.25) is 30.7 Å². The summed E-state index contributed by atoms with van der Waals surface area (Å²) in [6.07, 6.45) is 8.28. The zero-order chi connectivity index (χ0) is 38.6. The van der Waals surface area contributed by atoms with Gasteiger partial charge >= 0.3 is 6.09 Å². The van der Waals surface area contributed by atoms with Crippen molar-refractivity contribution in [1.29, 1.82) is 0 Å². The lowest BCUT2D eigenvalue weighted by molar-refractivity contribution is -0.124. The summed E-state index contributed by atoms with van der Waals surface area (Å²) in [5.74, 6) is 0.927. The maximum absolute atomic E-state index is 14.1. The van der Waals surface area contributed by atoms with Crippen molar-refractivity contribution in [3.8, 4) is 11.3 Å². The van der Waals surface area contributed by atoms with Crippen LogP contribution in [0.5, 0.6) is 0 Å². The number of nitrogens with one attached hydrogen (secondary N) is 1. The van der Waals surface area contributed by atoms with E-state index in [1.54, 1.807) is 4.90 Å². The number of aryl methyl sites for hydroxylation is 1. The Kier molecular flexibility index (Phi) is 13.1. The maximum Gasteiger partial charge on any atom is 0.410 e. The number of likely N-dealkylation sites (tertiary alicyclic amines) is 1. The first-order chi connectivity index (χ1) is 25.0. The van der Waals surface area contributed by atoms with Crippen LogP contribution in [0.25, 0.3) is 22.2 Å². The molecule has 1 saturated carbocycles. The molecule has 1 aliphatic carbocycles. The van der Waals surface area contributed by atoms with Crippen molar-refractivity contribution in [3.05, 3.63) is 47.0 Å². The number of piperidine rings is 1. The van der Waals surface area contributed by atoms with Gasteiger partial charge in [0, 0.05) is 63.2 Å². The Balaban J connectivity index is 1.39. The molecule has 0 unspecified atom stereocenters. The normalized spacial score (nSPS) is 17.6. The predicted molar refractivity (Wildman–Crippen MR) is 214 cm³/mol. The second kappa shape index (κ2) is 17.0. The number of ether oxygens (including phenoxy) is 2. The van der Waals surface area contributed by atoms with Crippen LogP contribution in [-0.4, -0.2) is 70.6 Å². The van der Waals surface area contributed by atoms with Crippen LogP contribution < -0.4 is 5.32 Å². The van der Waals surface area contributed by atoms with E-state index < -0.39 is 13.7 Å². The highest BCUT2D eigenvalue weighted by Gasteiger charge is 2.59. The summed E-state index contributed by atoms with van der Waals surface area (Å²) >= 11 is 6.96. The molecule has 5 rings (SSSR count). The molecule has 0 bridgehead atoms. The molecule has 2 fully saturated rings. The minimum atomic E-state index is -1.33. The first-order valence-corrected chi connectivity index (χ1v) is 23.6. The van der Waals surface area contributed by atoms with Crippen LogP contribution >= 0.6 is 11.6 Å². The number of hydrogen-bond donors (Lipinski definition) is 1. The van der Waals surface area contributed by atoms with Crippen molar-refractivity contribution in [2.75, 3.05) is 19.7 Å². The number of aromatic nitrogens is 3. The van der Waals surface area contributed by atoms with Crippen LogP contribution in [0.1, 0.15) is 103 Å². The standard InChI is InChI=1S/C41H60ClN5O5Si/c1-9-30(48)13-11-10-12-14-34(45-38(49)32-25-41(32)17-19-46(20-18-41)39(50)52-40(3,4)5)37-43-26-36(47(37)27-51-21-22-53(6,7)8)31-23-29-16-15-28(2)44-35(29)24-33(31)42/h15-16,23-24,26,32,34H,9-14,17-22,25,27H2,1-8H3,(H,45,49)/t32-,34+/m1/s1. The fourth-order valence-corrected chi connectivity index (χ4v) is 8.30. The highest BCUT2D eigenvalue weighted by Crippen LogP contribution is 2.59. The number of carbonyl (C=O) groups excluding carboxylic acids is 3. The maximum atomic E-state index is 14.1. The van der Waals surface area contributed by atoms with Crippen LogP contribution in [0.4, 0.5) is 4.79 Å². The van der Waals surface area contributed by atoms with Gasteiger partial charge in [0.05, 0.1) is 28.5 Å². The Hall–Kier alpha value is -3.28. The van der Waals surface area contributed by atoms with Gasteiger partial charge in [-0.25, -0.2) is 9.78 Å². The summed E-state index contributed by atoms with van der Waals surface area (Å²) in [5, 5.41) is 4.98. The number of hydrogen-bond acceptors (Lipinski definition) is 7. The number of imidazole rings is 1. The summed E-state index contributed by atoms with van der Waals surface area (Å²) < 4.78 is 14.0. The van der Waals surface area contributed by atoms with Crippen molar-refractivity contribution in [3.63, 3.8) is 0 Å². The first-order valence-electron chi connectivity index (χ1n) is 19.5. The molecular weight excluding hydrogens is 706 g/mol. The molecular formula is C41H60ClN5O5Si. The molecule has 1 aliphatic heterocycles. The molecule has 12 heteroatoms. The molecule has 10 nitrogen and oxygen atoms in total. The fourth-order valence-electron chi connectivity index (χ4n) is 7.29. The van der Waals surface area contributed by atoms with Gasteiger partial charge in [0.1, 0.15) is 23.9 Å². The third-order valence-electron chi connectivity index (χ3n) is 10.7. The molecule has 1 saturated heterocycles. The highest BCUT2D eigenvalue weighted by molar-refractivity contribution is 6.76. The number of rotatable bonds is 16.